The average Bonchev–Trinajstić information content (AvgIpc) is 3.18. The lowest BCUT2D eigenvalue weighted by molar-refractivity contribution is 0.0601. The van der Waals surface area contributed by atoms with E-state index in [2.05, 4.69) is 10.6 Å². The molecular formula is C24H30N2O7S. The first-order valence-corrected chi connectivity index (χ1v) is 11.8. The molecule has 0 saturated heterocycles. The Morgan fingerprint density at radius 1 is 0.912 bits per heavy atom. The number of anilines is 1. The van der Waals surface area contributed by atoms with E-state index in [0.717, 1.165) is 37.0 Å². The van der Waals surface area contributed by atoms with Crippen LogP contribution in [0.2, 0.25) is 0 Å². The zero-order valence-corrected chi connectivity index (χ0v) is 20.9. The van der Waals surface area contributed by atoms with Gasteiger partial charge >= 0.3 is 5.97 Å². The van der Waals surface area contributed by atoms with Crippen molar-refractivity contribution in [2.45, 2.75) is 45.1 Å². The number of benzene rings is 1. The van der Waals surface area contributed by atoms with Crippen molar-refractivity contribution in [3.05, 3.63) is 33.7 Å². The molecule has 3 rings (SSSR count). The fourth-order valence-electron chi connectivity index (χ4n) is 4.05. The largest absolute Gasteiger partial charge is 0.493 e. The van der Waals surface area contributed by atoms with Crippen LogP contribution in [0.1, 0.15) is 68.1 Å². The Kier molecular flexibility index (Phi) is 8.38. The molecule has 0 radical (unpaired) electrons. The SMILES string of the molecule is COC(=O)c1c(NC(=O)c2cc(OC)c(OC)c(OC)c2)sc(C(=O)NC2CCCCC2)c1C. The van der Waals surface area contributed by atoms with E-state index in [-0.39, 0.29) is 28.1 Å². The molecule has 0 aliphatic heterocycles. The fourth-order valence-corrected chi connectivity index (χ4v) is 5.14. The van der Waals surface area contributed by atoms with Gasteiger partial charge in [-0.3, -0.25) is 9.59 Å². The Morgan fingerprint density at radius 3 is 2.06 bits per heavy atom. The van der Waals surface area contributed by atoms with Gasteiger partial charge in [0.2, 0.25) is 5.75 Å². The van der Waals surface area contributed by atoms with Crippen LogP contribution < -0.4 is 24.8 Å². The monoisotopic (exact) mass is 490 g/mol. The first-order chi connectivity index (χ1) is 16.3. The predicted molar refractivity (Wildman–Crippen MR) is 129 cm³/mol. The van der Waals surface area contributed by atoms with Crippen molar-refractivity contribution < 1.29 is 33.3 Å². The molecule has 1 aliphatic rings. The molecule has 1 fully saturated rings. The van der Waals surface area contributed by atoms with Crippen molar-refractivity contribution in [2.24, 2.45) is 0 Å². The summed E-state index contributed by atoms with van der Waals surface area (Å²) in [5, 5.41) is 6.04. The van der Waals surface area contributed by atoms with Crippen molar-refractivity contribution in [1.29, 1.82) is 0 Å². The molecule has 184 valence electrons. The van der Waals surface area contributed by atoms with Crippen LogP contribution in [-0.4, -0.2) is 52.3 Å². The lowest BCUT2D eigenvalue weighted by Crippen LogP contribution is -2.36. The summed E-state index contributed by atoms with van der Waals surface area (Å²) in [6.45, 7) is 1.67. The second-order valence-electron chi connectivity index (χ2n) is 7.93. The molecule has 1 aliphatic carbocycles. The average molecular weight is 491 g/mol. The predicted octanol–water partition coefficient (Wildman–Crippen LogP) is 4.18. The van der Waals surface area contributed by atoms with E-state index in [4.69, 9.17) is 18.9 Å². The van der Waals surface area contributed by atoms with Gasteiger partial charge in [0.05, 0.1) is 38.9 Å². The molecule has 9 nitrogen and oxygen atoms in total. The summed E-state index contributed by atoms with van der Waals surface area (Å²) in [5.74, 6) is -0.418. The Balaban J connectivity index is 1.93. The molecule has 0 bridgehead atoms. The molecule has 1 aromatic carbocycles. The van der Waals surface area contributed by atoms with E-state index in [0.29, 0.717) is 27.7 Å². The minimum atomic E-state index is -0.634. The maximum absolute atomic E-state index is 13.1. The number of nitrogens with one attached hydrogen (secondary N) is 2. The number of thiophene rings is 1. The molecule has 0 spiro atoms. The molecule has 1 aromatic heterocycles. The molecule has 0 unspecified atom stereocenters. The van der Waals surface area contributed by atoms with Gasteiger partial charge in [-0.1, -0.05) is 19.3 Å². The summed E-state index contributed by atoms with van der Waals surface area (Å²) >= 11 is 1.05. The first-order valence-electron chi connectivity index (χ1n) is 11.0. The molecule has 2 aromatic rings. The number of carbonyl (C=O) groups excluding carboxylic acids is 3. The quantitative estimate of drug-likeness (QED) is 0.534. The highest BCUT2D eigenvalue weighted by atomic mass is 32.1. The van der Waals surface area contributed by atoms with E-state index in [9.17, 15) is 14.4 Å². The number of esters is 1. The number of rotatable bonds is 8. The van der Waals surface area contributed by atoms with Gasteiger partial charge in [-0.25, -0.2) is 4.79 Å². The maximum Gasteiger partial charge on any atom is 0.341 e. The van der Waals surface area contributed by atoms with Crippen molar-refractivity contribution in [1.82, 2.24) is 5.32 Å². The molecule has 1 saturated carbocycles. The minimum Gasteiger partial charge on any atom is -0.493 e. The van der Waals surface area contributed by atoms with Crippen molar-refractivity contribution in [3.8, 4) is 17.2 Å². The molecule has 34 heavy (non-hydrogen) atoms. The molecule has 1 heterocycles. The fraction of sp³-hybridized carbons (Fsp3) is 0.458. The highest BCUT2D eigenvalue weighted by Gasteiger charge is 2.28. The van der Waals surface area contributed by atoms with E-state index in [1.165, 1.54) is 47.0 Å². The Hall–Kier alpha value is -3.27. The van der Waals surface area contributed by atoms with E-state index < -0.39 is 11.9 Å². The molecule has 10 heteroatoms. The highest BCUT2D eigenvalue weighted by molar-refractivity contribution is 7.18. The second-order valence-corrected chi connectivity index (χ2v) is 8.95. The van der Waals surface area contributed by atoms with Crippen molar-refractivity contribution in [2.75, 3.05) is 33.8 Å². The number of hydrogen-bond acceptors (Lipinski definition) is 8. The molecule has 2 amide bonds. The second kappa shape index (κ2) is 11.2. The third-order valence-corrected chi connectivity index (χ3v) is 7.04. The minimum absolute atomic E-state index is 0.113. The third-order valence-electron chi connectivity index (χ3n) is 5.84. The summed E-state index contributed by atoms with van der Waals surface area (Å²) in [6.07, 6.45) is 5.21. The van der Waals surface area contributed by atoms with Crippen molar-refractivity contribution >= 4 is 34.1 Å². The Bertz CT molecular complexity index is 1050. The lowest BCUT2D eigenvalue weighted by Gasteiger charge is -2.22. The van der Waals surface area contributed by atoms with Gasteiger partial charge in [-0.2, -0.15) is 0 Å². The van der Waals surface area contributed by atoms with Gasteiger partial charge in [-0.15, -0.1) is 11.3 Å². The van der Waals surface area contributed by atoms with E-state index >= 15 is 0 Å². The first kappa shape index (κ1) is 25.4. The lowest BCUT2D eigenvalue weighted by atomic mass is 9.95. The van der Waals surface area contributed by atoms with E-state index in [1.807, 2.05) is 0 Å². The summed E-state index contributed by atoms with van der Waals surface area (Å²) in [7, 11) is 5.63. The van der Waals surface area contributed by atoms with Crippen LogP contribution in [0, 0.1) is 6.92 Å². The van der Waals surface area contributed by atoms with Gasteiger partial charge in [0.1, 0.15) is 5.00 Å². The van der Waals surface area contributed by atoms with E-state index in [1.54, 1.807) is 6.92 Å². The third kappa shape index (κ3) is 5.27. The summed E-state index contributed by atoms with van der Waals surface area (Å²) in [6, 6.07) is 3.12. The zero-order chi connectivity index (χ0) is 24.8. The van der Waals surface area contributed by atoms with Gasteiger partial charge in [-0.05, 0) is 37.5 Å². The number of hydrogen-bond donors (Lipinski definition) is 2. The molecule has 2 N–H and O–H groups in total. The van der Waals surface area contributed by atoms with Crippen LogP contribution in [0.5, 0.6) is 17.2 Å². The summed E-state index contributed by atoms with van der Waals surface area (Å²) in [4.78, 5) is 39.0. The van der Waals surface area contributed by atoms with Gasteiger partial charge < -0.3 is 29.6 Å². The van der Waals surface area contributed by atoms with Crippen LogP contribution in [-0.2, 0) is 4.74 Å². The van der Waals surface area contributed by atoms with Gasteiger partial charge in [0.25, 0.3) is 11.8 Å². The zero-order valence-electron chi connectivity index (χ0n) is 20.0. The standard InChI is InChI=1S/C24H30N2O7S/c1-13-18(24(29)33-5)23(34-20(13)22(28)25-15-9-7-6-8-10-15)26-21(27)14-11-16(30-2)19(32-4)17(12-14)31-3/h11-12,15H,6-10H2,1-5H3,(H,25,28)(H,26,27). The normalized spacial score (nSPS) is 13.7. The van der Waals surface area contributed by atoms with Crippen molar-refractivity contribution in [3.63, 3.8) is 0 Å². The summed E-state index contributed by atoms with van der Waals surface area (Å²) in [5.41, 5.74) is 0.844. The Labute approximate surface area is 202 Å². The number of amides is 2. The van der Waals surface area contributed by atoms with Crippen LogP contribution in [0.25, 0.3) is 0 Å². The molecule has 0 atom stereocenters. The number of carbonyl (C=O) groups is 3. The summed E-state index contributed by atoms with van der Waals surface area (Å²) < 4.78 is 20.9. The van der Waals surface area contributed by atoms with Crippen LogP contribution >= 0.6 is 11.3 Å². The van der Waals surface area contributed by atoms with Crippen LogP contribution in [0.15, 0.2) is 12.1 Å². The van der Waals surface area contributed by atoms with Gasteiger partial charge in [0, 0.05) is 11.6 Å². The highest BCUT2D eigenvalue weighted by Crippen LogP contribution is 2.39. The smallest absolute Gasteiger partial charge is 0.341 e. The maximum atomic E-state index is 13.1. The van der Waals surface area contributed by atoms with Crippen LogP contribution in [0.4, 0.5) is 5.00 Å². The Morgan fingerprint density at radius 2 is 1.53 bits per heavy atom. The molecular weight excluding hydrogens is 460 g/mol. The van der Waals surface area contributed by atoms with Gasteiger partial charge in [0.15, 0.2) is 11.5 Å². The number of ether oxygens (including phenoxy) is 4. The van der Waals surface area contributed by atoms with Crippen LogP contribution in [0.3, 0.4) is 0 Å². The number of methoxy groups -OCH3 is 4. The topological polar surface area (TPSA) is 112 Å².